The standard InChI is InChI=1S/C17H17.C13H10.C10H9.2ClH.Zr/c1-3-12-5-7-16-14(9-12)11-15-10-13(4-2)6-8-17(15)16;1-3-7-12(8-4-1)11-13-9-5-2-6-10-13;1-8-6-7-9-4-2-3-5-10(8)9;;;/h5-11H,3-4H2,1-2H3;1-10H;2-7H,1H3;2*1H;/q;;;;;+2/p-2. The summed E-state index contributed by atoms with van der Waals surface area (Å²) in [4.78, 5) is 0. The predicted molar refractivity (Wildman–Crippen MR) is 171 cm³/mol. The average Bonchev–Trinajstić information content (AvgIpc) is 3.54. The maximum absolute atomic E-state index is 2.75. The molecular formula is C40H36Cl2Zr. The molecule has 43 heavy (non-hydrogen) atoms. The van der Waals surface area contributed by atoms with Gasteiger partial charge in [-0.25, -0.2) is 0 Å². The Morgan fingerprint density at radius 2 is 1.05 bits per heavy atom. The van der Waals surface area contributed by atoms with Gasteiger partial charge in [-0.2, -0.15) is 0 Å². The Morgan fingerprint density at radius 1 is 0.558 bits per heavy atom. The van der Waals surface area contributed by atoms with Crippen LogP contribution in [0.15, 0.2) is 127 Å². The van der Waals surface area contributed by atoms with Crippen LogP contribution in [0.25, 0.3) is 16.7 Å². The van der Waals surface area contributed by atoms with E-state index in [0.717, 1.165) is 12.8 Å². The number of hydrogen-bond donors (Lipinski definition) is 0. The third kappa shape index (κ3) is 5.62. The second kappa shape index (κ2) is 13.4. The van der Waals surface area contributed by atoms with Crippen LogP contribution >= 0.6 is 0 Å². The summed E-state index contributed by atoms with van der Waals surface area (Å²) in [5.74, 6) is 0. The molecule has 0 amide bonds. The van der Waals surface area contributed by atoms with Gasteiger partial charge in [-0.15, -0.1) is 0 Å². The van der Waals surface area contributed by atoms with Crippen LogP contribution in [0.3, 0.4) is 0 Å². The fourth-order valence-corrected chi connectivity index (χ4v) is 17.3. The summed E-state index contributed by atoms with van der Waals surface area (Å²) in [5.41, 5.74) is 16.2. The summed E-state index contributed by atoms with van der Waals surface area (Å²) in [7, 11) is 0. The van der Waals surface area contributed by atoms with Gasteiger partial charge in [-0.3, -0.25) is 0 Å². The zero-order valence-electron chi connectivity index (χ0n) is 24.9. The summed E-state index contributed by atoms with van der Waals surface area (Å²) in [6.45, 7) is 6.90. The summed E-state index contributed by atoms with van der Waals surface area (Å²) in [6.07, 6.45) is 4.78. The molecule has 0 saturated carbocycles. The van der Waals surface area contributed by atoms with Gasteiger partial charge in [0.2, 0.25) is 0 Å². The molecule has 1 unspecified atom stereocenters. The van der Waals surface area contributed by atoms with Crippen LogP contribution in [0.2, 0.25) is 0 Å². The van der Waals surface area contributed by atoms with Crippen LogP contribution in [0.1, 0.15) is 72.5 Å². The molecule has 5 aromatic carbocycles. The van der Waals surface area contributed by atoms with Crippen molar-refractivity contribution in [3.8, 4) is 11.1 Å². The van der Waals surface area contributed by atoms with E-state index in [-0.39, 0.29) is 24.8 Å². The molecule has 0 heterocycles. The third-order valence-electron chi connectivity index (χ3n) is 9.16. The molecule has 0 nitrogen and oxygen atoms in total. The molecule has 2 aliphatic rings. The molecule has 0 aliphatic heterocycles. The van der Waals surface area contributed by atoms with Crippen molar-refractivity contribution >= 4 is 8.78 Å². The predicted octanol–water partition coefficient (Wildman–Crippen LogP) is 3.93. The number of allylic oxidation sites excluding steroid dienone is 2. The van der Waals surface area contributed by atoms with Crippen LogP contribution < -0.4 is 24.8 Å². The van der Waals surface area contributed by atoms with E-state index in [1.165, 1.54) is 50.1 Å². The molecule has 1 atom stereocenters. The fraction of sp³-hybridized carbons (Fsp3) is 0.175. The van der Waals surface area contributed by atoms with Crippen molar-refractivity contribution in [3.05, 3.63) is 172 Å². The van der Waals surface area contributed by atoms with Crippen LogP contribution in [0.4, 0.5) is 0 Å². The molecule has 0 saturated heterocycles. The van der Waals surface area contributed by atoms with Crippen molar-refractivity contribution in [3.63, 3.8) is 0 Å². The maximum Gasteiger partial charge on any atom is -1.00 e. The Morgan fingerprint density at radius 3 is 1.56 bits per heavy atom. The molecule has 214 valence electrons. The number of halogens is 2. The number of benzene rings is 5. The molecular weight excluding hydrogens is 643 g/mol. The van der Waals surface area contributed by atoms with Gasteiger partial charge in [0.15, 0.2) is 0 Å². The zero-order valence-corrected chi connectivity index (χ0v) is 28.9. The van der Waals surface area contributed by atoms with Crippen molar-refractivity contribution in [1.82, 2.24) is 0 Å². The van der Waals surface area contributed by atoms with Crippen molar-refractivity contribution in [2.75, 3.05) is 0 Å². The van der Waals surface area contributed by atoms with Gasteiger partial charge in [0.05, 0.1) is 0 Å². The van der Waals surface area contributed by atoms with Gasteiger partial charge in [0.1, 0.15) is 0 Å². The Kier molecular flexibility index (Phi) is 9.87. The van der Waals surface area contributed by atoms with Crippen LogP contribution in [-0.2, 0) is 34.1 Å². The molecule has 0 radical (unpaired) electrons. The quantitative estimate of drug-likeness (QED) is 0.256. The molecule has 0 spiro atoms. The fourth-order valence-electron chi connectivity index (χ4n) is 7.14. The van der Waals surface area contributed by atoms with E-state index in [0.29, 0.717) is 7.25 Å². The van der Waals surface area contributed by atoms with Gasteiger partial charge >= 0.3 is 254 Å². The smallest absolute Gasteiger partial charge is 1.00 e. The topological polar surface area (TPSA) is 0 Å². The summed E-state index contributed by atoms with van der Waals surface area (Å²) >= 11 is -2.75. The minimum atomic E-state index is -2.75. The van der Waals surface area contributed by atoms with Gasteiger partial charge in [0, 0.05) is 0 Å². The van der Waals surface area contributed by atoms with Crippen molar-refractivity contribution in [2.24, 2.45) is 0 Å². The molecule has 0 bridgehead atoms. The van der Waals surface area contributed by atoms with E-state index in [2.05, 4.69) is 148 Å². The minimum absolute atomic E-state index is 0. The van der Waals surface area contributed by atoms with Crippen molar-refractivity contribution in [2.45, 2.75) is 40.9 Å². The zero-order chi connectivity index (χ0) is 27.9. The molecule has 0 fully saturated rings. The van der Waals surface area contributed by atoms with E-state index in [4.69, 9.17) is 0 Å². The molecule has 0 aromatic heterocycles. The van der Waals surface area contributed by atoms with Crippen LogP contribution in [0.5, 0.6) is 0 Å². The first-order valence-corrected chi connectivity index (χ1v) is 19.1. The third-order valence-corrected chi connectivity index (χ3v) is 17.9. The van der Waals surface area contributed by atoms with Gasteiger partial charge in [-0.05, 0) is 0 Å². The molecule has 2 aliphatic carbocycles. The van der Waals surface area contributed by atoms with Crippen molar-refractivity contribution in [1.29, 1.82) is 0 Å². The largest absolute Gasteiger partial charge is 1.00 e. The van der Waals surface area contributed by atoms with E-state index < -0.39 is 21.3 Å². The first-order valence-electron chi connectivity index (χ1n) is 15.1. The van der Waals surface area contributed by atoms with E-state index in [9.17, 15) is 0 Å². The first kappa shape index (κ1) is 31.6. The van der Waals surface area contributed by atoms with E-state index in [1.54, 1.807) is 14.3 Å². The Balaban J connectivity index is 0.00000184. The van der Waals surface area contributed by atoms with Crippen LogP contribution in [0, 0.1) is 0 Å². The summed E-state index contributed by atoms with van der Waals surface area (Å²) < 4.78 is 2.53. The Hall–Kier alpha value is -2.83. The number of hydrogen-bond acceptors (Lipinski definition) is 0. The summed E-state index contributed by atoms with van der Waals surface area (Å²) in [5, 5.41) is 0. The average molecular weight is 679 g/mol. The van der Waals surface area contributed by atoms with E-state index >= 15 is 0 Å². The molecule has 0 N–H and O–H groups in total. The normalized spacial score (nSPS) is 14.3. The molecule has 7 rings (SSSR count). The second-order valence-electron chi connectivity index (χ2n) is 11.5. The monoisotopic (exact) mass is 676 g/mol. The molecule has 5 aromatic rings. The number of rotatable bonds is 6. The SMILES string of the molecule is CCc1ccc2c(c1)[CH]([Zr+2](=[C](c1ccccc1)c1ccccc1)[CH]1C=C(C)c3ccccc31)c1cc(CC)ccc1-2.[Cl-].[Cl-]. The Labute approximate surface area is 276 Å². The van der Waals surface area contributed by atoms with Crippen molar-refractivity contribution < 1.29 is 46.1 Å². The Bertz CT molecular complexity index is 1720. The minimum Gasteiger partial charge on any atom is -1.00 e. The van der Waals surface area contributed by atoms with Gasteiger partial charge in [-0.1, -0.05) is 0 Å². The first-order chi connectivity index (χ1) is 20.2. The van der Waals surface area contributed by atoms with E-state index in [1.807, 2.05) is 0 Å². The van der Waals surface area contributed by atoms with Crippen LogP contribution in [-0.4, -0.2) is 3.21 Å². The summed E-state index contributed by atoms with van der Waals surface area (Å²) in [6, 6.07) is 46.6. The maximum atomic E-state index is 2.65. The van der Waals surface area contributed by atoms with Gasteiger partial charge < -0.3 is 24.8 Å². The van der Waals surface area contributed by atoms with Gasteiger partial charge in [0.25, 0.3) is 0 Å². The number of fused-ring (bicyclic) bond motifs is 4. The number of aryl methyl sites for hydroxylation is 2. The molecule has 3 heteroatoms. The second-order valence-corrected chi connectivity index (χ2v) is 17.9.